The highest BCUT2D eigenvalue weighted by atomic mass is 32.2. The Labute approximate surface area is 227 Å². The molecule has 0 saturated heterocycles. The molecule has 1 unspecified atom stereocenters. The number of carbonyl (C=O) groups is 2. The van der Waals surface area contributed by atoms with Gasteiger partial charge < -0.3 is 15.0 Å². The lowest BCUT2D eigenvalue weighted by molar-refractivity contribution is -0.141. The number of ether oxygens (including phenoxy) is 1. The van der Waals surface area contributed by atoms with Gasteiger partial charge in [-0.2, -0.15) is 0 Å². The summed E-state index contributed by atoms with van der Waals surface area (Å²) in [6.45, 7) is 4.39. The summed E-state index contributed by atoms with van der Waals surface area (Å²) in [7, 11) is -2.05. The zero-order valence-corrected chi connectivity index (χ0v) is 23.8. The first-order valence-electron chi connectivity index (χ1n) is 13.4. The van der Waals surface area contributed by atoms with Crippen LogP contribution in [0.2, 0.25) is 0 Å². The van der Waals surface area contributed by atoms with E-state index >= 15 is 0 Å². The fourth-order valence-electron chi connectivity index (χ4n) is 4.95. The van der Waals surface area contributed by atoms with Crippen LogP contribution >= 0.6 is 0 Å². The minimum Gasteiger partial charge on any atom is -0.497 e. The van der Waals surface area contributed by atoms with Crippen molar-refractivity contribution < 1.29 is 22.7 Å². The van der Waals surface area contributed by atoms with Gasteiger partial charge in [0.05, 0.1) is 19.1 Å². The molecule has 0 aliphatic heterocycles. The molecule has 0 spiro atoms. The van der Waals surface area contributed by atoms with E-state index in [9.17, 15) is 18.0 Å². The van der Waals surface area contributed by atoms with Gasteiger partial charge in [0.15, 0.2) is 0 Å². The van der Waals surface area contributed by atoms with Crippen LogP contribution in [-0.4, -0.2) is 57.1 Å². The van der Waals surface area contributed by atoms with E-state index in [0.717, 1.165) is 43.1 Å². The number of aryl methyl sites for hydroxylation is 1. The SMILES string of the molecule is CCC(C(=O)NC1CCCC1)N(Cc1ccc(C)cc1)C(=O)CCCN(c1cccc(OC)c1)S(C)(=O)=O. The molecule has 2 aromatic rings. The van der Waals surface area contributed by atoms with Gasteiger partial charge in [0.1, 0.15) is 11.8 Å². The first-order chi connectivity index (χ1) is 18.1. The van der Waals surface area contributed by atoms with Gasteiger partial charge in [-0.1, -0.05) is 55.7 Å². The van der Waals surface area contributed by atoms with Crippen LogP contribution in [0.3, 0.4) is 0 Å². The summed E-state index contributed by atoms with van der Waals surface area (Å²) in [6.07, 6.45) is 6.24. The molecule has 1 saturated carbocycles. The van der Waals surface area contributed by atoms with Gasteiger partial charge >= 0.3 is 0 Å². The molecule has 0 aromatic heterocycles. The Balaban J connectivity index is 1.75. The minimum atomic E-state index is -3.57. The smallest absolute Gasteiger partial charge is 0.243 e. The molecular formula is C29H41N3O5S. The predicted octanol–water partition coefficient (Wildman–Crippen LogP) is 4.42. The zero-order chi connectivity index (χ0) is 27.7. The van der Waals surface area contributed by atoms with Crippen molar-refractivity contribution in [2.24, 2.45) is 0 Å². The lowest BCUT2D eigenvalue weighted by Gasteiger charge is -2.32. The lowest BCUT2D eigenvalue weighted by Crippen LogP contribution is -2.51. The first kappa shape index (κ1) is 29.5. The average molecular weight is 544 g/mol. The van der Waals surface area contributed by atoms with Crippen molar-refractivity contribution in [3.63, 3.8) is 0 Å². The standard InChI is InChI=1S/C29H41N3O5S/c1-5-27(29(34)30-24-10-6-7-11-24)31(21-23-17-15-22(2)16-18-23)28(33)14-9-19-32(38(4,35)36)25-12-8-13-26(20-25)37-3/h8,12-13,15-18,20,24,27H,5-7,9-11,14,19,21H2,1-4H3,(H,30,34). The Morgan fingerprint density at radius 3 is 2.39 bits per heavy atom. The Morgan fingerprint density at radius 1 is 1.11 bits per heavy atom. The monoisotopic (exact) mass is 543 g/mol. The second-order valence-corrected chi connectivity index (χ2v) is 12.0. The number of hydrogen-bond donors (Lipinski definition) is 1. The van der Waals surface area contributed by atoms with Crippen molar-refractivity contribution >= 4 is 27.5 Å². The van der Waals surface area contributed by atoms with E-state index in [1.807, 2.05) is 38.1 Å². The second kappa shape index (κ2) is 13.6. The molecule has 3 rings (SSSR count). The summed E-state index contributed by atoms with van der Waals surface area (Å²) in [5, 5.41) is 3.15. The van der Waals surface area contributed by atoms with Crippen LogP contribution in [0.4, 0.5) is 5.69 Å². The van der Waals surface area contributed by atoms with Gasteiger partial charge in [-0.25, -0.2) is 8.42 Å². The molecule has 2 aromatic carbocycles. The summed E-state index contributed by atoms with van der Waals surface area (Å²) in [4.78, 5) is 28.5. The molecule has 1 aliphatic carbocycles. The maximum atomic E-state index is 13.6. The third-order valence-corrected chi connectivity index (χ3v) is 8.25. The van der Waals surface area contributed by atoms with Crippen LogP contribution in [0, 0.1) is 6.92 Å². The van der Waals surface area contributed by atoms with Crippen molar-refractivity contribution in [3.8, 4) is 5.75 Å². The van der Waals surface area contributed by atoms with Crippen molar-refractivity contribution in [2.75, 3.05) is 24.2 Å². The van der Waals surface area contributed by atoms with Gasteiger partial charge in [-0.15, -0.1) is 0 Å². The summed E-state index contributed by atoms with van der Waals surface area (Å²) in [5.74, 6) is 0.266. The molecular weight excluding hydrogens is 502 g/mol. The van der Waals surface area contributed by atoms with Crippen LogP contribution in [0.1, 0.15) is 63.0 Å². The highest BCUT2D eigenvalue weighted by molar-refractivity contribution is 7.92. The third-order valence-electron chi connectivity index (χ3n) is 7.05. The van der Waals surface area contributed by atoms with E-state index < -0.39 is 16.1 Å². The summed E-state index contributed by atoms with van der Waals surface area (Å²) >= 11 is 0. The fraction of sp³-hybridized carbons (Fsp3) is 0.517. The largest absolute Gasteiger partial charge is 0.497 e. The zero-order valence-electron chi connectivity index (χ0n) is 23.0. The number of anilines is 1. The number of rotatable bonds is 13. The minimum absolute atomic E-state index is 0.117. The van der Waals surface area contributed by atoms with Crippen molar-refractivity contribution in [1.82, 2.24) is 10.2 Å². The molecule has 1 fully saturated rings. The van der Waals surface area contributed by atoms with E-state index in [1.165, 1.54) is 11.4 Å². The lowest BCUT2D eigenvalue weighted by atomic mass is 10.1. The Hall–Kier alpha value is -3.07. The van der Waals surface area contributed by atoms with Gasteiger partial charge in [-0.05, 0) is 50.3 Å². The maximum absolute atomic E-state index is 13.6. The van der Waals surface area contributed by atoms with Crippen molar-refractivity contribution in [1.29, 1.82) is 0 Å². The van der Waals surface area contributed by atoms with Crippen LogP contribution in [0.25, 0.3) is 0 Å². The molecule has 0 heterocycles. The number of amides is 2. The van der Waals surface area contributed by atoms with Crippen molar-refractivity contribution in [3.05, 3.63) is 59.7 Å². The normalized spacial score (nSPS) is 14.6. The Morgan fingerprint density at radius 2 is 1.79 bits per heavy atom. The van der Waals surface area contributed by atoms with Crippen LogP contribution < -0.4 is 14.4 Å². The van der Waals surface area contributed by atoms with E-state index in [2.05, 4.69) is 5.32 Å². The number of nitrogens with zero attached hydrogens (tertiary/aromatic N) is 2. The number of hydrogen-bond acceptors (Lipinski definition) is 5. The molecule has 1 aliphatic rings. The van der Waals surface area contributed by atoms with E-state index in [0.29, 0.717) is 30.8 Å². The maximum Gasteiger partial charge on any atom is 0.243 e. The number of benzene rings is 2. The van der Waals surface area contributed by atoms with Crippen LogP contribution in [-0.2, 0) is 26.2 Å². The molecule has 9 heteroatoms. The molecule has 0 radical (unpaired) electrons. The van der Waals surface area contributed by atoms with Crippen LogP contribution in [0.5, 0.6) is 5.75 Å². The molecule has 1 atom stereocenters. The second-order valence-electron chi connectivity index (χ2n) is 10.1. The molecule has 0 bridgehead atoms. The van der Waals surface area contributed by atoms with Crippen LogP contribution in [0.15, 0.2) is 48.5 Å². The number of methoxy groups -OCH3 is 1. The number of carbonyl (C=O) groups excluding carboxylic acids is 2. The molecule has 2 amide bonds. The molecule has 208 valence electrons. The summed E-state index contributed by atoms with van der Waals surface area (Å²) < 4.78 is 31.6. The van der Waals surface area contributed by atoms with Gasteiger partial charge in [0.25, 0.3) is 0 Å². The molecule has 1 N–H and O–H groups in total. The quantitative estimate of drug-likeness (QED) is 0.404. The number of nitrogens with one attached hydrogen (secondary N) is 1. The third kappa shape index (κ3) is 8.21. The molecule has 8 nitrogen and oxygen atoms in total. The first-order valence-corrected chi connectivity index (χ1v) is 15.2. The van der Waals surface area contributed by atoms with Gasteiger partial charge in [0, 0.05) is 31.6 Å². The van der Waals surface area contributed by atoms with E-state index in [1.54, 1.807) is 29.2 Å². The Bertz CT molecular complexity index is 1180. The van der Waals surface area contributed by atoms with Crippen molar-refractivity contribution in [2.45, 2.75) is 77.4 Å². The van der Waals surface area contributed by atoms with Gasteiger partial charge in [-0.3, -0.25) is 13.9 Å². The summed E-state index contributed by atoms with van der Waals surface area (Å²) in [5.41, 5.74) is 2.56. The average Bonchev–Trinajstić information content (AvgIpc) is 3.39. The highest BCUT2D eigenvalue weighted by Gasteiger charge is 2.30. The predicted molar refractivity (Wildman–Crippen MR) is 151 cm³/mol. The Kier molecular flexibility index (Phi) is 10.6. The summed E-state index contributed by atoms with van der Waals surface area (Å²) in [6, 6.07) is 14.4. The van der Waals surface area contributed by atoms with E-state index in [-0.39, 0.29) is 30.8 Å². The number of sulfonamides is 1. The van der Waals surface area contributed by atoms with E-state index in [4.69, 9.17) is 4.74 Å². The fourth-order valence-corrected chi connectivity index (χ4v) is 5.90. The van der Waals surface area contributed by atoms with Gasteiger partial charge in [0.2, 0.25) is 21.8 Å². The molecule has 38 heavy (non-hydrogen) atoms. The topological polar surface area (TPSA) is 96.0 Å². The highest BCUT2D eigenvalue weighted by Crippen LogP contribution is 2.24.